The predicted molar refractivity (Wildman–Crippen MR) is 85.2 cm³/mol. The van der Waals surface area contributed by atoms with Crippen molar-refractivity contribution in [1.29, 1.82) is 0 Å². The van der Waals surface area contributed by atoms with E-state index in [0.717, 1.165) is 25.8 Å². The summed E-state index contributed by atoms with van der Waals surface area (Å²) in [5.74, 6) is 0.828. The monoisotopic (exact) mass is 383 g/mol. The summed E-state index contributed by atoms with van der Waals surface area (Å²) in [6.07, 6.45) is 0. The van der Waals surface area contributed by atoms with Crippen LogP contribution in [0, 0.1) is 0 Å². The summed E-state index contributed by atoms with van der Waals surface area (Å²) < 4.78 is 7.95. The van der Waals surface area contributed by atoms with E-state index in [1.165, 1.54) is 0 Å². The lowest BCUT2D eigenvalue weighted by Crippen LogP contribution is -2.08. The maximum absolute atomic E-state index is 5.97. The molecule has 0 aliphatic rings. The molecule has 2 nitrogen and oxygen atoms in total. The summed E-state index contributed by atoms with van der Waals surface area (Å²) in [6.45, 7) is 2.47. The molecule has 0 bridgehead atoms. The number of nitrogens with two attached hydrogens (primary N) is 1. The standard InChI is InChI=1S/C15H15Br2NO/c1-10(18)13-8-12(16)6-7-15(13)19-9-11-4-2-3-5-14(11)17/h2-8,10H,9,18H2,1H3. The minimum absolute atomic E-state index is 0.0632. The molecule has 0 aliphatic heterocycles. The molecule has 0 aromatic heterocycles. The Hall–Kier alpha value is -0.840. The molecule has 0 amide bonds. The number of hydrogen-bond donors (Lipinski definition) is 1. The van der Waals surface area contributed by atoms with Crippen molar-refractivity contribution in [3.05, 3.63) is 62.5 Å². The molecule has 2 rings (SSSR count). The molecule has 19 heavy (non-hydrogen) atoms. The van der Waals surface area contributed by atoms with Gasteiger partial charge in [0.2, 0.25) is 0 Å². The third-order valence-corrected chi connectivity index (χ3v) is 4.07. The number of hydrogen-bond acceptors (Lipinski definition) is 2. The smallest absolute Gasteiger partial charge is 0.124 e. The SMILES string of the molecule is CC(N)c1cc(Br)ccc1OCc1ccccc1Br. The van der Waals surface area contributed by atoms with E-state index in [1.54, 1.807) is 0 Å². The molecular formula is C15H15Br2NO. The first-order valence-corrected chi connectivity index (χ1v) is 7.58. The van der Waals surface area contributed by atoms with Crippen LogP contribution in [-0.2, 0) is 6.61 Å². The van der Waals surface area contributed by atoms with Gasteiger partial charge in [0.1, 0.15) is 12.4 Å². The van der Waals surface area contributed by atoms with Crippen molar-refractivity contribution in [2.75, 3.05) is 0 Å². The van der Waals surface area contributed by atoms with Gasteiger partial charge in [-0.15, -0.1) is 0 Å². The molecule has 4 heteroatoms. The van der Waals surface area contributed by atoms with Crippen LogP contribution in [-0.4, -0.2) is 0 Å². The fourth-order valence-corrected chi connectivity index (χ4v) is 2.56. The van der Waals surface area contributed by atoms with Gasteiger partial charge in [0.05, 0.1) is 0 Å². The van der Waals surface area contributed by atoms with Crippen LogP contribution in [0.5, 0.6) is 5.75 Å². The summed E-state index contributed by atoms with van der Waals surface area (Å²) >= 11 is 6.97. The van der Waals surface area contributed by atoms with Crippen LogP contribution < -0.4 is 10.5 Å². The zero-order chi connectivity index (χ0) is 13.8. The van der Waals surface area contributed by atoms with Crippen LogP contribution in [0.2, 0.25) is 0 Å². The second-order valence-corrected chi connectivity index (χ2v) is 6.12. The van der Waals surface area contributed by atoms with Crippen LogP contribution in [0.15, 0.2) is 51.4 Å². The summed E-state index contributed by atoms with van der Waals surface area (Å²) in [5, 5.41) is 0. The highest BCUT2D eigenvalue weighted by atomic mass is 79.9. The van der Waals surface area contributed by atoms with Gasteiger partial charge in [-0.05, 0) is 31.2 Å². The Labute approximate surface area is 130 Å². The number of rotatable bonds is 4. The summed E-state index contributed by atoms with van der Waals surface area (Å²) in [5.41, 5.74) is 8.09. The van der Waals surface area contributed by atoms with Gasteiger partial charge in [-0.3, -0.25) is 0 Å². The highest BCUT2D eigenvalue weighted by Gasteiger charge is 2.09. The fraction of sp³-hybridized carbons (Fsp3) is 0.200. The predicted octanol–water partition coefficient (Wildman–Crippen LogP) is 4.81. The lowest BCUT2D eigenvalue weighted by atomic mass is 10.1. The first-order valence-electron chi connectivity index (χ1n) is 5.99. The van der Waals surface area contributed by atoms with Crippen LogP contribution in [0.4, 0.5) is 0 Å². The van der Waals surface area contributed by atoms with E-state index in [9.17, 15) is 0 Å². The summed E-state index contributed by atoms with van der Waals surface area (Å²) in [4.78, 5) is 0. The van der Waals surface area contributed by atoms with E-state index in [4.69, 9.17) is 10.5 Å². The largest absolute Gasteiger partial charge is 0.489 e. The zero-order valence-electron chi connectivity index (χ0n) is 10.6. The van der Waals surface area contributed by atoms with Gasteiger partial charge >= 0.3 is 0 Å². The van der Waals surface area contributed by atoms with E-state index < -0.39 is 0 Å². The van der Waals surface area contributed by atoms with Crippen molar-refractivity contribution < 1.29 is 4.74 Å². The third-order valence-electron chi connectivity index (χ3n) is 2.80. The minimum atomic E-state index is -0.0632. The van der Waals surface area contributed by atoms with E-state index in [1.807, 2.05) is 49.4 Å². The Balaban J connectivity index is 2.18. The molecule has 0 radical (unpaired) electrons. The van der Waals surface area contributed by atoms with Crippen LogP contribution in [0.1, 0.15) is 24.1 Å². The summed E-state index contributed by atoms with van der Waals surface area (Å²) in [7, 11) is 0. The van der Waals surface area contributed by atoms with Gasteiger partial charge in [0, 0.05) is 26.1 Å². The van der Waals surface area contributed by atoms with Crippen molar-refractivity contribution >= 4 is 31.9 Å². The Morgan fingerprint density at radius 1 is 1.16 bits per heavy atom. The normalized spacial score (nSPS) is 12.2. The van der Waals surface area contributed by atoms with Gasteiger partial charge in [0.25, 0.3) is 0 Å². The fourth-order valence-electron chi connectivity index (χ4n) is 1.78. The molecule has 0 spiro atoms. The average molecular weight is 385 g/mol. The molecule has 0 aliphatic carbocycles. The van der Waals surface area contributed by atoms with Crippen molar-refractivity contribution in [1.82, 2.24) is 0 Å². The second kappa shape index (κ2) is 6.55. The first kappa shape index (κ1) is 14.6. The van der Waals surface area contributed by atoms with Crippen LogP contribution in [0.25, 0.3) is 0 Å². The van der Waals surface area contributed by atoms with Gasteiger partial charge in [-0.25, -0.2) is 0 Å². The van der Waals surface area contributed by atoms with Crippen LogP contribution >= 0.6 is 31.9 Å². The number of ether oxygens (including phenoxy) is 1. The Kier molecular flexibility index (Phi) is 5.02. The molecular weight excluding hydrogens is 370 g/mol. The number of benzene rings is 2. The zero-order valence-corrected chi connectivity index (χ0v) is 13.7. The van der Waals surface area contributed by atoms with Gasteiger partial charge in [0.15, 0.2) is 0 Å². The molecule has 0 saturated heterocycles. The lowest BCUT2D eigenvalue weighted by molar-refractivity contribution is 0.300. The molecule has 0 fully saturated rings. The quantitative estimate of drug-likeness (QED) is 0.820. The first-order chi connectivity index (χ1) is 9.08. The maximum Gasteiger partial charge on any atom is 0.124 e. The lowest BCUT2D eigenvalue weighted by Gasteiger charge is -2.15. The molecule has 2 N–H and O–H groups in total. The molecule has 1 unspecified atom stereocenters. The Morgan fingerprint density at radius 3 is 2.58 bits per heavy atom. The van der Waals surface area contributed by atoms with Crippen molar-refractivity contribution in [2.45, 2.75) is 19.6 Å². The highest BCUT2D eigenvalue weighted by Crippen LogP contribution is 2.28. The minimum Gasteiger partial charge on any atom is -0.489 e. The average Bonchev–Trinajstić information content (AvgIpc) is 2.38. The molecule has 1 atom stereocenters. The molecule has 2 aromatic carbocycles. The van der Waals surface area contributed by atoms with E-state index in [-0.39, 0.29) is 6.04 Å². The van der Waals surface area contributed by atoms with Gasteiger partial charge < -0.3 is 10.5 Å². The second-order valence-electron chi connectivity index (χ2n) is 4.35. The van der Waals surface area contributed by atoms with E-state index >= 15 is 0 Å². The molecule has 2 aromatic rings. The van der Waals surface area contributed by atoms with Crippen LogP contribution in [0.3, 0.4) is 0 Å². The van der Waals surface area contributed by atoms with Crippen molar-refractivity contribution in [2.24, 2.45) is 5.73 Å². The molecule has 100 valence electrons. The third kappa shape index (κ3) is 3.81. The van der Waals surface area contributed by atoms with Gasteiger partial charge in [-0.1, -0.05) is 50.1 Å². The van der Waals surface area contributed by atoms with Crippen molar-refractivity contribution in [3.63, 3.8) is 0 Å². The Bertz CT molecular complexity index is 570. The highest BCUT2D eigenvalue weighted by molar-refractivity contribution is 9.10. The summed E-state index contributed by atoms with van der Waals surface area (Å²) in [6, 6.07) is 13.9. The van der Waals surface area contributed by atoms with E-state index in [2.05, 4.69) is 31.9 Å². The van der Waals surface area contributed by atoms with Gasteiger partial charge in [-0.2, -0.15) is 0 Å². The Morgan fingerprint density at radius 2 is 1.89 bits per heavy atom. The molecule has 0 heterocycles. The maximum atomic E-state index is 5.97. The topological polar surface area (TPSA) is 35.2 Å². The molecule has 0 saturated carbocycles. The van der Waals surface area contributed by atoms with E-state index in [0.29, 0.717) is 6.61 Å². The number of halogens is 2. The van der Waals surface area contributed by atoms with Crippen molar-refractivity contribution in [3.8, 4) is 5.75 Å².